The van der Waals surface area contributed by atoms with Gasteiger partial charge in [0.1, 0.15) is 0 Å². The minimum Gasteiger partial charge on any atom is -0.479 e. The van der Waals surface area contributed by atoms with E-state index in [0.29, 0.717) is 0 Å². The molecule has 0 aromatic carbocycles. The van der Waals surface area contributed by atoms with E-state index in [4.69, 9.17) is 5.11 Å². The third-order valence-corrected chi connectivity index (χ3v) is 0.867. The molecule has 0 saturated heterocycles. The van der Waals surface area contributed by atoms with Crippen molar-refractivity contribution in [2.45, 2.75) is 12.2 Å². The molecule has 0 amide bonds. The summed E-state index contributed by atoms with van der Waals surface area (Å²) >= 11 is 0. The minimum atomic E-state index is -5.35. The van der Waals surface area contributed by atoms with Crippen LogP contribution in [0, 0.1) is 4.91 Å². The van der Waals surface area contributed by atoms with E-state index in [-0.39, 0.29) is 0 Å². The summed E-state index contributed by atoms with van der Waals surface area (Å²) < 4.78 is 34.3. The standard InChI is InChI=1S/C4H2F3NO4/c5-4(6,7)2(9)1(8-12)3(10)11/h1H,(H,10,11). The Morgan fingerprint density at radius 3 is 1.83 bits per heavy atom. The van der Waals surface area contributed by atoms with Crippen LogP contribution in [-0.4, -0.2) is 29.1 Å². The predicted molar refractivity (Wildman–Crippen MR) is 28.3 cm³/mol. The monoisotopic (exact) mass is 185 g/mol. The fourth-order valence-electron chi connectivity index (χ4n) is 0.360. The average molecular weight is 185 g/mol. The first-order valence-corrected chi connectivity index (χ1v) is 2.47. The van der Waals surface area contributed by atoms with Crippen molar-refractivity contribution in [2.75, 3.05) is 0 Å². The quantitative estimate of drug-likeness (QED) is 0.507. The number of carbonyl (C=O) groups is 2. The molecule has 0 aromatic rings. The fraction of sp³-hybridized carbons (Fsp3) is 0.500. The summed E-state index contributed by atoms with van der Waals surface area (Å²) in [5.74, 6) is -4.89. The summed E-state index contributed by atoms with van der Waals surface area (Å²) in [6.07, 6.45) is -5.35. The zero-order valence-corrected chi connectivity index (χ0v) is 5.33. The number of nitrogens with zero attached hydrogens (tertiary/aromatic N) is 1. The first-order chi connectivity index (χ1) is 5.30. The molecular formula is C4H2F3NO4. The molecule has 0 aliphatic rings. The average Bonchev–Trinajstić information content (AvgIpc) is 1.86. The summed E-state index contributed by atoms with van der Waals surface area (Å²) in [6, 6.07) is -2.90. The summed E-state index contributed by atoms with van der Waals surface area (Å²) in [5, 5.41) is 9.43. The van der Waals surface area contributed by atoms with Crippen molar-refractivity contribution < 1.29 is 27.9 Å². The van der Waals surface area contributed by atoms with E-state index >= 15 is 0 Å². The number of aliphatic carboxylic acids is 1. The number of carbonyl (C=O) groups excluding carboxylic acids is 1. The maximum atomic E-state index is 11.4. The molecule has 5 nitrogen and oxygen atoms in total. The largest absolute Gasteiger partial charge is 0.479 e. The van der Waals surface area contributed by atoms with Crippen molar-refractivity contribution >= 4 is 11.8 Å². The Labute approximate surface area is 63.1 Å². The molecule has 0 radical (unpaired) electrons. The first kappa shape index (κ1) is 10.5. The molecule has 0 rings (SSSR count). The molecule has 0 saturated carbocycles. The highest BCUT2D eigenvalue weighted by atomic mass is 19.4. The summed E-state index contributed by atoms with van der Waals surface area (Å²) in [6.45, 7) is 0. The molecule has 0 heterocycles. The lowest BCUT2D eigenvalue weighted by Crippen LogP contribution is -2.38. The van der Waals surface area contributed by atoms with Gasteiger partial charge in [-0.1, -0.05) is 0 Å². The lowest BCUT2D eigenvalue weighted by atomic mass is 10.2. The van der Waals surface area contributed by atoms with Crippen LogP contribution in [0.2, 0.25) is 0 Å². The highest BCUT2D eigenvalue weighted by Crippen LogP contribution is 2.19. The molecule has 0 aliphatic heterocycles. The van der Waals surface area contributed by atoms with Crippen molar-refractivity contribution in [1.29, 1.82) is 0 Å². The lowest BCUT2D eigenvalue weighted by Gasteiger charge is -2.05. The molecule has 68 valence electrons. The number of rotatable bonds is 3. The second kappa shape index (κ2) is 3.28. The molecule has 1 N–H and O–H groups in total. The van der Waals surface area contributed by atoms with Gasteiger partial charge in [-0.05, 0) is 5.18 Å². The van der Waals surface area contributed by atoms with Gasteiger partial charge >= 0.3 is 12.1 Å². The second-order valence-electron chi connectivity index (χ2n) is 1.71. The molecule has 0 aliphatic carbocycles. The zero-order chi connectivity index (χ0) is 9.94. The van der Waals surface area contributed by atoms with Crippen LogP contribution in [0.25, 0.3) is 0 Å². The molecule has 1 unspecified atom stereocenters. The summed E-state index contributed by atoms with van der Waals surface area (Å²) in [7, 11) is 0. The Morgan fingerprint density at radius 1 is 1.33 bits per heavy atom. The van der Waals surface area contributed by atoms with Gasteiger partial charge in [-0.2, -0.15) is 13.2 Å². The van der Waals surface area contributed by atoms with Crippen molar-refractivity contribution in [1.82, 2.24) is 0 Å². The Hall–Kier alpha value is -1.47. The molecule has 8 heteroatoms. The van der Waals surface area contributed by atoms with Crippen LogP contribution in [0.3, 0.4) is 0 Å². The Bertz CT molecular complexity index is 223. The maximum absolute atomic E-state index is 11.4. The maximum Gasteiger partial charge on any atom is 0.453 e. The Balaban J connectivity index is 4.66. The number of halogens is 3. The second-order valence-corrected chi connectivity index (χ2v) is 1.71. The highest BCUT2D eigenvalue weighted by molar-refractivity contribution is 6.05. The van der Waals surface area contributed by atoms with Crippen molar-refractivity contribution in [3.05, 3.63) is 4.91 Å². The Morgan fingerprint density at radius 2 is 1.75 bits per heavy atom. The normalized spacial score (nSPS) is 13.6. The van der Waals surface area contributed by atoms with Crippen LogP contribution in [0.15, 0.2) is 5.18 Å². The van der Waals surface area contributed by atoms with E-state index in [1.54, 1.807) is 0 Å². The van der Waals surface area contributed by atoms with Crippen LogP contribution in [0.4, 0.5) is 13.2 Å². The molecule has 0 aromatic heterocycles. The van der Waals surface area contributed by atoms with Gasteiger partial charge in [-0.25, -0.2) is 4.79 Å². The number of hydrogen-bond acceptors (Lipinski definition) is 4. The molecule has 0 fully saturated rings. The van der Waals surface area contributed by atoms with E-state index < -0.39 is 24.0 Å². The van der Waals surface area contributed by atoms with Gasteiger partial charge in [-0.3, -0.25) is 4.79 Å². The van der Waals surface area contributed by atoms with Crippen molar-refractivity contribution in [3.63, 3.8) is 0 Å². The third kappa shape index (κ3) is 2.29. The van der Waals surface area contributed by atoms with Gasteiger partial charge in [0, 0.05) is 0 Å². The Kier molecular flexibility index (Phi) is 2.88. The summed E-state index contributed by atoms with van der Waals surface area (Å²) in [4.78, 5) is 29.3. The topological polar surface area (TPSA) is 83.8 Å². The van der Waals surface area contributed by atoms with Crippen LogP contribution in [-0.2, 0) is 9.59 Å². The first-order valence-electron chi connectivity index (χ1n) is 2.47. The van der Waals surface area contributed by atoms with Gasteiger partial charge < -0.3 is 5.11 Å². The molecule has 0 bridgehead atoms. The molecular weight excluding hydrogens is 183 g/mol. The van der Waals surface area contributed by atoms with E-state index in [1.165, 1.54) is 5.18 Å². The predicted octanol–water partition coefficient (Wildman–Crippen LogP) is 0.337. The number of carboxylic acids is 1. The van der Waals surface area contributed by atoms with Gasteiger partial charge in [0.05, 0.1) is 0 Å². The lowest BCUT2D eigenvalue weighted by molar-refractivity contribution is -0.175. The number of carboxylic acid groups (broad SMARTS) is 1. The van der Waals surface area contributed by atoms with Crippen LogP contribution >= 0.6 is 0 Å². The number of ketones is 1. The van der Waals surface area contributed by atoms with Gasteiger partial charge in [0.2, 0.25) is 0 Å². The van der Waals surface area contributed by atoms with Crippen molar-refractivity contribution in [2.24, 2.45) is 5.18 Å². The van der Waals surface area contributed by atoms with E-state index in [0.717, 1.165) is 0 Å². The van der Waals surface area contributed by atoms with Gasteiger partial charge in [-0.15, -0.1) is 4.91 Å². The molecule has 1 atom stereocenters. The van der Waals surface area contributed by atoms with Crippen molar-refractivity contribution in [3.8, 4) is 0 Å². The number of nitroso groups, excluding NO2 is 1. The number of hydrogen-bond donors (Lipinski definition) is 1. The van der Waals surface area contributed by atoms with Gasteiger partial charge in [0.15, 0.2) is 0 Å². The fourth-order valence-corrected chi connectivity index (χ4v) is 0.360. The third-order valence-electron chi connectivity index (χ3n) is 0.867. The minimum absolute atomic E-state index is 1.53. The van der Waals surface area contributed by atoms with Gasteiger partial charge in [0.25, 0.3) is 11.8 Å². The zero-order valence-electron chi connectivity index (χ0n) is 5.33. The van der Waals surface area contributed by atoms with Crippen LogP contribution < -0.4 is 0 Å². The number of Topliss-reactive ketones (excluding diaryl/α,β-unsaturated/α-hetero) is 1. The highest BCUT2D eigenvalue weighted by Gasteiger charge is 2.47. The van der Waals surface area contributed by atoms with Crippen LogP contribution in [0.5, 0.6) is 0 Å². The van der Waals surface area contributed by atoms with E-state index in [9.17, 15) is 27.7 Å². The molecule has 0 spiro atoms. The summed E-state index contributed by atoms with van der Waals surface area (Å²) in [5.41, 5.74) is 0. The SMILES string of the molecule is O=NC(C(=O)O)C(=O)C(F)(F)F. The van der Waals surface area contributed by atoms with Crippen LogP contribution in [0.1, 0.15) is 0 Å². The van der Waals surface area contributed by atoms with E-state index in [2.05, 4.69) is 0 Å². The number of alkyl halides is 3. The smallest absolute Gasteiger partial charge is 0.453 e. The van der Waals surface area contributed by atoms with E-state index in [1.807, 2.05) is 0 Å². The molecule has 12 heavy (non-hydrogen) atoms.